The van der Waals surface area contributed by atoms with Gasteiger partial charge in [-0.2, -0.15) is 0 Å². The fraction of sp³-hybridized carbons (Fsp3) is 0.526. The highest BCUT2D eigenvalue weighted by molar-refractivity contribution is 5.97. The molecule has 2 aromatic rings. The molecule has 3 unspecified atom stereocenters. The summed E-state index contributed by atoms with van der Waals surface area (Å²) in [5.41, 5.74) is 1.63. The summed E-state index contributed by atoms with van der Waals surface area (Å²) in [6.45, 7) is 4.63. The quantitative estimate of drug-likeness (QED) is 0.914. The van der Waals surface area contributed by atoms with Gasteiger partial charge in [0, 0.05) is 18.0 Å². The zero-order valence-electron chi connectivity index (χ0n) is 14.9. The summed E-state index contributed by atoms with van der Waals surface area (Å²) >= 11 is 0. The first-order valence-corrected chi connectivity index (χ1v) is 8.92. The van der Waals surface area contributed by atoms with Gasteiger partial charge in [-0.15, -0.1) is 0 Å². The Balaban J connectivity index is 1.37. The van der Waals surface area contributed by atoms with Crippen LogP contribution in [0.15, 0.2) is 29.0 Å². The zero-order valence-corrected chi connectivity index (χ0v) is 14.9. The average molecular weight is 359 g/mol. The second kappa shape index (κ2) is 6.07. The maximum Gasteiger partial charge on any atom is 0.251 e. The topological polar surface area (TPSA) is 75.4 Å². The van der Waals surface area contributed by atoms with Crippen molar-refractivity contribution in [3.05, 3.63) is 30.2 Å². The molecule has 1 N–H and O–H groups in total. The second-order valence-corrected chi connectivity index (χ2v) is 7.95. The predicted octanol–water partition coefficient (Wildman–Crippen LogP) is 2.54. The van der Waals surface area contributed by atoms with Crippen LogP contribution in [0.3, 0.4) is 0 Å². The Kier molecular flexibility index (Phi) is 3.97. The lowest BCUT2D eigenvalue weighted by Crippen LogP contribution is -2.54. The van der Waals surface area contributed by atoms with Gasteiger partial charge >= 0.3 is 0 Å². The summed E-state index contributed by atoms with van der Waals surface area (Å²) in [7, 11) is 0. The Labute approximate surface area is 150 Å². The maximum absolute atomic E-state index is 14.6. The van der Waals surface area contributed by atoms with E-state index in [4.69, 9.17) is 4.42 Å². The van der Waals surface area contributed by atoms with E-state index in [0.29, 0.717) is 29.6 Å². The van der Waals surface area contributed by atoms with Gasteiger partial charge in [-0.25, -0.2) is 9.37 Å². The number of alkyl halides is 1. The molecule has 6 nitrogen and oxygen atoms in total. The molecule has 1 saturated heterocycles. The molecule has 1 aliphatic carbocycles. The normalized spacial score (nSPS) is 27.3. The molecular weight excluding hydrogens is 337 g/mol. The van der Waals surface area contributed by atoms with Crippen molar-refractivity contribution in [2.75, 3.05) is 13.1 Å². The maximum atomic E-state index is 14.6. The Morgan fingerprint density at radius 3 is 2.85 bits per heavy atom. The van der Waals surface area contributed by atoms with Crippen molar-refractivity contribution < 1.29 is 18.4 Å². The van der Waals surface area contributed by atoms with Crippen LogP contribution in [0.4, 0.5) is 4.39 Å². The summed E-state index contributed by atoms with van der Waals surface area (Å²) in [6, 6.07) is 4.33. The van der Waals surface area contributed by atoms with E-state index in [2.05, 4.69) is 24.1 Å². The molecule has 7 heteroatoms. The lowest BCUT2D eigenvalue weighted by molar-refractivity contribution is -0.135. The number of nitrogens with one attached hydrogen (secondary N) is 1. The molecule has 2 fully saturated rings. The largest absolute Gasteiger partial charge is 0.443 e. The van der Waals surface area contributed by atoms with Crippen LogP contribution in [0.2, 0.25) is 0 Å². The Morgan fingerprint density at radius 2 is 2.15 bits per heavy atom. The molecule has 2 aliphatic rings. The fourth-order valence-electron chi connectivity index (χ4n) is 3.63. The fourth-order valence-corrected chi connectivity index (χ4v) is 3.63. The molecule has 138 valence electrons. The van der Waals surface area contributed by atoms with Gasteiger partial charge in [0.05, 0.1) is 12.6 Å². The number of oxazole rings is 1. The number of aromatic nitrogens is 1. The molecule has 1 aromatic heterocycles. The number of halogens is 1. The minimum absolute atomic E-state index is 0.00929. The van der Waals surface area contributed by atoms with Crippen LogP contribution >= 0.6 is 0 Å². The van der Waals surface area contributed by atoms with Crippen molar-refractivity contribution in [3.63, 3.8) is 0 Å². The molecular formula is C19H22FN3O3. The highest BCUT2D eigenvalue weighted by Crippen LogP contribution is 2.52. The SMILES string of the molecule is CC1(C)CC1C(=O)N1CCC(NC(=O)c2ccc3ocnc3c2)C(F)C1. The number of carbonyl (C=O) groups excluding carboxylic acids is 2. The van der Waals surface area contributed by atoms with E-state index in [1.165, 1.54) is 6.39 Å². The van der Waals surface area contributed by atoms with E-state index >= 15 is 0 Å². The van der Waals surface area contributed by atoms with Gasteiger partial charge < -0.3 is 14.6 Å². The first-order chi connectivity index (χ1) is 12.3. The summed E-state index contributed by atoms with van der Waals surface area (Å²) < 4.78 is 19.7. The Morgan fingerprint density at radius 1 is 1.38 bits per heavy atom. The number of rotatable bonds is 3. The highest BCUT2D eigenvalue weighted by atomic mass is 19.1. The van der Waals surface area contributed by atoms with Crippen molar-refractivity contribution >= 4 is 22.9 Å². The molecule has 2 heterocycles. The van der Waals surface area contributed by atoms with Crippen molar-refractivity contribution in [1.29, 1.82) is 0 Å². The number of fused-ring (bicyclic) bond motifs is 1. The minimum Gasteiger partial charge on any atom is -0.443 e. The molecule has 1 aliphatic heterocycles. The summed E-state index contributed by atoms with van der Waals surface area (Å²) in [4.78, 5) is 30.5. The second-order valence-electron chi connectivity index (χ2n) is 7.95. The highest BCUT2D eigenvalue weighted by Gasteiger charge is 2.52. The number of amides is 2. The standard InChI is InChI=1S/C19H22FN3O3/c1-19(2)8-12(19)18(25)23-6-5-14(13(20)9-23)22-17(24)11-3-4-16-15(7-11)21-10-26-16/h3-4,7,10,12-14H,5-6,8-9H2,1-2H3,(H,22,24). The third kappa shape index (κ3) is 3.06. The van der Waals surface area contributed by atoms with Gasteiger partial charge in [-0.05, 0) is 36.5 Å². The lowest BCUT2D eigenvalue weighted by Gasteiger charge is -2.35. The summed E-state index contributed by atoms with van der Waals surface area (Å²) in [5, 5.41) is 2.75. The Hall–Kier alpha value is -2.44. The number of benzene rings is 1. The third-order valence-electron chi connectivity index (χ3n) is 5.57. The molecule has 26 heavy (non-hydrogen) atoms. The van der Waals surface area contributed by atoms with Crippen LogP contribution in [0, 0.1) is 11.3 Å². The number of hydrogen-bond acceptors (Lipinski definition) is 4. The number of nitrogens with zero attached hydrogens (tertiary/aromatic N) is 2. The van der Waals surface area contributed by atoms with E-state index < -0.39 is 12.2 Å². The Bertz CT molecular complexity index is 863. The van der Waals surface area contributed by atoms with Crippen LogP contribution < -0.4 is 5.32 Å². The molecule has 3 atom stereocenters. The summed E-state index contributed by atoms with van der Waals surface area (Å²) in [6.07, 6.45) is 1.33. The van der Waals surface area contributed by atoms with Crippen LogP contribution in [0.25, 0.3) is 11.1 Å². The monoisotopic (exact) mass is 359 g/mol. The van der Waals surface area contributed by atoms with Gasteiger partial charge in [0.1, 0.15) is 11.7 Å². The van der Waals surface area contributed by atoms with Gasteiger partial charge in [0.25, 0.3) is 5.91 Å². The van der Waals surface area contributed by atoms with Gasteiger partial charge in [-0.3, -0.25) is 9.59 Å². The van der Waals surface area contributed by atoms with Gasteiger partial charge in [0.15, 0.2) is 12.0 Å². The third-order valence-corrected chi connectivity index (χ3v) is 5.57. The van der Waals surface area contributed by atoms with Crippen LogP contribution in [0.1, 0.15) is 37.0 Å². The molecule has 1 aromatic carbocycles. The average Bonchev–Trinajstić information content (AvgIpc) is 3.03. The van der Waals surface area contributed by atoms with E-state index in [9.17, 15) is 14.0 Å². The smallest absolute Gasteiger partial charge is 0.251 e. The van der Waals surface area contributed by atoms with Gasteiger partial charge in [-0.1, -0.05) is 13.8 Å². The van der Waals surface area contributed by atoms with E-state index in [1.54, 1.807) is 23.1 Å². The van der Waals surface area contributed by atoms with Crippen LogP contribution in [-0.2, 0) is 4.79 Å². The molecule has 1 saturated carbocycles. The number of piperidine rings is 1. The van der Waals surface area contributed by atoms with Crippen LogP contribution in [-0.4, -0.2) is 47.0 Å². The first-order valence-electron chi connectivity index (χ1n) is 8.92. The van der Waals surface area contributed by atoms with E-state index in [-0.39, 0.29) is 29.7 Å². The predicted molar refractivity (Wildman–Crippen MR) is 93.2 cm³/mol. The molecule has 2 amide bonds. The first kappa shape index (κ1) is 17.0. The van der Waals surface area contributed by atoms with Crippen molar-refractivity contribution in [2.45, 2.75) is 38.9 Å². The van der Waals surface area contributed by atoms with Crippen LogP contribution in [0.5, 0.6) is 0 Å². The van der Waals surface area contributed by atoms with Crippen molar-refractivity contribution in [3.8, 4) is 0 Å². The number of likely N-dealkylation sites (tertiary alicyclic amines) is 1. The molecule has 0 radical (unpaired) electrons. The molecule has 4 rings (SSSR count). The lowest BCUT2D eigenvalue weighted by atomic mass is 10.0. The van der Waals surface area contributed by atoms with Gasteiger partial charge in [0.2, 0.25) is 5.91 Å². The van der Waals surface area contributed by atoms with E-state index in [1.807, 2.05) is 0 Å². The molecule has 0 spiro atoms. The summed E-state index contributed by atoms with van der Waals surface area (Å²) in [5.74, 6) is -0.292. The number of hydrogen-bond donors (Lipinski definition) is 1. The minimum atomic E-state index is -1.27. The number of carbonyl (C=O) groups is 2. The van der Waals surface area contributed by atoms with Crippen molar-refractivity contribution in [2.24, 2.45) is 11.3 Å². The molecule has 0 bridgehead atoms. The van der Waals surface area contributed by atoms with Crippen molar-refractivity contribution in [1.82, 2.24) is 15.2 Å². The zero-order chi connectivity index (χ0) is 18.5. The van der Waals surface area contributed by atoms with E-state index in [0.717, 1.165) is 6.42 Å².